The Morgan fingerprint density at radius 3 is 2.44 bits per heavy atom. The van der Waals surface area contributed by atoms with Crippen LogP contribution in [0, 0.1) is 22.2 Å². The van der Waals surface area contributed by atoms with Crippen molar-refractivity contribution >= 4 is 17.2 Å². The molecule has 0 saturated heterocycles. The van der Waals surface area contributed by atoms with Gasteiger partial charge in [0.25, 0.3) is 0 Å². The second-order valence-corrected chi connectivity index (χ2v) is 11.1. The maximum absolute atomic E-state index is 13.4. The van der Waals surface area contributed by atoms with Gasteiger partial charge in [0, 0.05) is 11.4 Å². The van der Waals surface area contributed by atoms with Crippen molar-refractivity contribution in [3.63, 3.8) is 0 Å². The summed E-state index contributed by atoms with van der Waals surface area (Å²) < 4.78 is 0. The number of likely N-dealkylation sites (N-methyl/N-ethyl adjacent to an activating group) is 1. The number of carbonyl (C=O) groups excluding carboxylic acids is 1. The molecule has 5 rings (SSSR count). The molecule has 1 amide bonds. The van der Waals surface area contributed by atoms with Gasteiger partial charge in [-0.2, -0.15) is 0 Å². The standard InChI is InChI=1S/C21H32N2OS/c1-19-8-15-9-20(2,12-19)14-21(10-15,13-19)18(24)22-11-16(23(3)4)17-6-5-7-25-17/h5-7,15-16H,8-14H2,1-4H3,(H,22,24). The quantitative estimate of drug-likeness (QED) is 0.840. The number of nitrogens with one attached hydrogen (secondary N) is 1. The minimum Gasteiger partial charge on any atom is -0.354 e. The predicted molar refractivity (Wildman–Crippen MR) is 104 cm³/mol. The summed E-state index contributed by atoms with van der Waals surface area (Å²) >= 11 is 1.78. The van der Waals surface area contributed by atoms with Gasteiger partial charge in [-0.3, -0.25) is 4.79 Å². The van der Waals surface area contributed by atoms with Crippen molar-refractivity contribution in [1.82, 2.24) is 10.2 Å². The van der Waals surface area contributed by atoms with E-state index < -0.39 is 0 Å². The van der Waals surface area contributed by atoms with Crippen molar-refractivity contribution in [2.75, 3.05) is 20.6 Å². The van der Waals surface area contributed by atoms with Crippen molar-refractivity contribution in [2.45, 2.75) is 58.4 Å². The average molecular weight is 361 g/mol. The van der Waals surface area contributed by atoms with Gasteiger partial charge in [0.05, 0.1) is 11.5 Å². The van der Waals surface area contributed by atoms with Crippen LogP contribution in [-0.4, -0.2) is 31.4 Å². The molecule has 0 aromatic carbocycles. The van der Waals surface area contributed by atoms with Gasteiger partial charge in [-0.25, -0.2) is 0 Å². The zero-order valence-corrected chi connectivity index (χ0v) is 16.9. The Balaban J connectivity index is 1.49. The van der Waals surface area contributed by atoms with Crippen LogP contribution in [0.4, 0.5) is 0 Å². The molecular weight excluding hydrogens is 328 g/mol. The van der Waals surface area contributed by atoms with E-state index in [0.717, 1.165) is 25.2 Å². The average Bonchev–Trinajstić information content (AvgIpc) is 2.97. The molecule has 4 saturated carbocycles. The molecule has 25 heavy (non-hydrogen) atoms. The highest BCUT2D eigenvalue weighted by atomic mass is 32.1. The van der Waals surface area contributed by atoms with Crippen molar-refractivity contribution in [3.05, 3.63) is 22.4 Å². The Morgan fingerprint density at radius 2 is 1.92 bits per heavy atom. The van der Waals surface area contributed by atoms with Crippen LogP contribution in [0.25, 0.3) is 0 Å². The summed E-state index contributed by atoms with van der Waals surface area (Å²) in [5.41, 5.74) is 0.676. The van der Waals surface area contributed by atoms with Crippen LogP contribution >= 0.6 is 11.3 Å². The van der Waals surface area contributed by atoms with E-state index in [1.165, 1.54) is 24.1 Å². The van der Waals surface area contributed by atoms with E-state index in [4.69, 9.17) is 0 Å². The molecule has 4 aliphatic carbocycles. The van der Waals surface area contributed by atoms with Crippen LogP contribution in [0.2, 0.25) is 0 Å². The molecule has 1 N–H and O–H groups in total. The molecule has 3 unspecified atom stereocenters. The molecule has 0 spiro atoms. The second-order valence-electron chi connectivity index (χ2n) is 10.1. The zero-order chi connectivity index (χ0) is 17.9. The molecule has 4 aliphatic rings. The Morgan fingerprint density at radius 1 is 1.24 bits per heavy atom. The molecule has 3 nitrogen and oxygen atoms in total. The third-order valence-corrected chi connectivity index (χ3v) is 8.03. The SMILES string of the molecule is CN(C)C(CNC(=O)C12CC3CC(C)(CC(C)(C3)C1)C2)c1cccs1. The summed E-state index contributed by atoms with van der Waals surface area (Å²) in [4.78, 5) is 16.9. The lowest BCUT2D eigenvalue weighted by molar-refractivity contribution is -0.170. The minimum atomic E-state index is -0.102. The molecule has 1 heterocycles. The summed E-state index contributed by atoms with van der Waals surface area (Å²) in [6.07, 6.45) is 7.32. The highest BCUT2D eigenvalue weighted by Crippen LogP contribution is 2.69. The number of carbonyl (C=O) groups is 1. The van der Waals surface area contributed by atoms with Gasteiger partial charge >= 0.3 is 0 Å². The lowest BCUT2D eigenvalue weighted by atomic mass is 9.40. The molecule has 1 aromatic rings. The largest absolute Gasteiger partial charge is 0.354 e. The highest BCUT2D eigenvalue weighted by molar-refractivity contribution is 7.10. The topological polar surface area (TPSA) is 32.3 Å². The fourth-order valence-corrected chi connectivity index (χ4v) is 8.02. The summed E-state index contributed by atoms with van der Waals surface area (Å²) in [5, 5.41) is 5.49. The highest BCUT2D eigenvalue weighted by Gasteiger charge is 2.62. The third-order valence-electron chi connectivity index (χ3n) is 7.06. The van der Waals surface area contributed by atoms with E-state index in [1.807, 2.05) is 0 Å². The summed E-state index contributed by atoms with van der Waals surface area (Å²) in [6.45, 7) is 5.59. The Labute approximate surface area is 156 Å². The van der Waals surface area contributed by atoms with Gasteiger partial charge < -0.3 is 10.2 Å². The normalized spacial score (nSPS) is 40.4. The van der Waals surface area contributed by atoms with E-state index in [1.54, 1.807) is 11.3 Å². The van der Waals surface area contributed by atoms with E-state index in [-0.39, 0.29) is 11.5 Å². The summed E-state index contributed by atoms with van der Waals surface area (Å²) in [5.74, 6) is 1.09. The summed E-state index contributed by atoms with van der Waals surface area (Å²) in [6, 6.07) is 4.54. The fourth-order valence-electron chi connectivity index (χ4n) is 7.10. The molecule has 0 aliphatic heterocycles. The minimum absolute atomic E-state index is 0.102. The Kier molecular flexibility index (Phi) is 4.08. The molecule has 4 bridgehead atoms. The van der Waals surface area contributed by atoms with Gasteiger partial charge in [0.1, 0.15) is 0 Å². The molecular formula is C21H32N2OS. The molecule has 4 heteroatoms. The van der Waals surface area contributed by atoms with Crippen molar-refractivity contribution < 1.29 is 4.79 Å². The van der Waals surface area contributed by atoms with Gasteiger partial charge in [-0.15, -0.1) is 11.3 Å². The molecule has 0 radical (unpaired) electrons. The number of hydrogen-bond acceptors (Lipinski definition) is 3. The van der Waals surface area contributed by atoms with Crippen LogP contribution in [-0.2, 0) is 4.79 Å². The first kappa shape index (κ1) is 17.5. The zero-order valence-electron chi connectivity index (χ0n) is 16.1. The van der Waals surface area contributed by atoms with Crippen molar-refractivity contribution in [3.8, 4) is 0 Å². The molecule has 4 fully saturated rings. The fraction of sp³-hybridized carbons (Fsp3) is 0.762. The molecule has 1 aromatic heterocycles. The van der Waals surface area contributed by atoms with E-state index >= 15 is 0 Å². The lowest BCUT2D eigenvalue weighted by Crippen LogP contribution is -2.60. The van der Waals surface area contributed by atoms with Crippen LogP contribution in [0.15, 0.2) is 17.5 Å². The molecule has 3 atom stereocenters. The van der Waals surface area contributed by atoms with Crippen molar-refractivity contribution in [1.29, 1.82) is 0 Å². The maximum atomic E-state index is 13.4. The van der Waals surface area contributed by atoms with Crippen LogP contribution in [0.5, 0.6) is 0 Å². The summed E-state index contributed by atoms with van der Waals surface area (Å²) in [7, 11) is 4.20. The smallest absolute Gasteiger partial charge is 0.226 e. The monoisotopic (exact) mass is 360 g/mol. The van der Waals surface area contributed by atoms with Crippen LogP contribution < -0.4 is 5.32 Å². The first-order valence-electron chi connectivity index (χ1n) is 9.71. The Hall–Kier alpha value is -0.870. The van der Waals surface area contributed by atoms with E-state index in [2.05, 4.69) is 55.7 Å². The third kappa shape index (κ3) is 3.06. The number of thiophene rings is 1. The molecule has 138 valence electrons. The van der Waals surface area contributed by atoms with Crippen LogP contribution in [0.1, 0.15) is 63.3 Å². The van der Waals surface area contributed by atoms with Gasteiger partial charge in [-0.05, 0) is 80.8 Å². The van der Waals surface area contributed by atoms with Gasteiger partial charge in [0.2, 0.25) is 5.91 Å². The predicted octanol–water partition coefficient (Wildman–Crippen LogP) is 4.46. The number of rotatable bonds is 5. The van der Waals surface area contributed by atoms with Gasteiger partial charge in [0.15, 0.2) is 0 Å². The maximum Gasteiger partial charge on any atom is 0.226 e. The van der Waals surface area contributed by atoms with E-state index in [9.17, 15) is 4.79 Å². The van der Waals surface area contributed by atoms with Crippen LogP contribution in [0.3, 0.4) is 0 Å². The Bertz CT molecular complexity index is 635. The van der Waals surface area contributed by atoms with Crippen molar-refractivity contribution in [2.24, 2.45) is 22.2 Å². The first-order valence-corrected chi connectivity index (χ1v) is 10.6. The first-order chi connectivity index (χ1) is 11.7. The number of hydrogen-bond donors (Lipinski definition) is 1. The number of amides is 1. The van der Waals surface area contributed by atoms with E-state index in [0.29, 0.717) is 23.3 Å². The number of nitrogens with zero attached hydrogens (tertiary/aromatic N) is 1. The second kappa shape index (κ2) is 5.82. The lowest BCUT2D eigenvalue weighted by Gasteiger charge is -2.64. The van der Waals surface area contributed by atoms with Gasteiger partial charge in [-0.1, -0.05) is 19.9 Å².